The molecule has 2 rings (SSSR count). The fourth-order valence-corrected chi connectivity index (χ4v) is 3.01. The maximum Gasteiger partial charge on any atom is 0.253 e. The molecule has 1 saturated heterocycles. The summed E-state index contributed by atoms with van der Waals surface area (Å²) in [5.74, 6) is 0.900. The minimum Gasteiger partial charge on any atom is -0.339 e. The van der Waals surface area contributed by atoms with Crippen molar-refractivity contribution in [2.75, 3.05) is 32.4 Å². The number of benzene rings is 1. The van der Waals surface area contributed by atoms with Gasteiger partial charge in [0.15, 0.2) is 0 Å². The lowest BCUT2D eigenvalue weighted by Crippen LogP contribution is -2.40. The van der Waals surface area contributed by atoms with Gasteiger partial charge in [-0.25, -0.2) is 0 Å². The molecule has 0 radical (unpaired) electrons. The van der Waals surface area contributed by atoms with Gasteiger partial charge in [-0.2, -0.15) is 0 Å². The summed E-state index contributed by atoms with van der Waals surface area (Å²) >= 11 is 1.70. The molecule has 1 amide bonds. The number of hydrogen-bond acceptors (Lipinski definition) is 3. The molecular weight excluding hydrogens is 304 g/mol. The van der Waals surface area contributed by atoms with E-state index in [1.807, 2.05) is 35.4 Å². The van der Waals surface area contributed by atoms with Crippen LogP contribution in [0.1, 0.15) is 30.1 Å². The van der Waals surface area contributed by atoms with Gasteiger partial charge in [0.25, 0.3) is 5.91 Å². The van der Waals surface area contributed by atoms with E-state index in [9.17, 15) is 4.79 Å². The fraction of sp³-hybridized carbons (Fsp3) is 0.562. The topological polar surface area (TPSA) is 32.3 Å². The molecule has 1 aliphatic rings. The van der Waals surface area contributed by atoms with Gasteiger partial charge >= 0.3 is 0 Å². The van der Waals surface area contributed by atoms with Gasteiger partial charge in [0.1, 0.15) is 0 Å². The van der Waals surface area contributed by atoms with E-state index < -0.39 is 0 Å². The van der Waals surface area contributed by atoms with Gasteiger partial charge < -0.3 is 10.2 Å². The molecule has 118 valence electrons. The molecule has 0 saturated carbocycles. The summed E-state index contributed by atoms with van der Waals surface area (Å²) < 4.78 is 0. The monoisotopic (exact) mass is 328 g/mol. The second-order valence-electron chi connectivity index (χ2n) is 5.27. The Morgan fingerprint density at radius 1 is 1.29 bits per heavy atom. The molecule has 0 aromatic heterocycles. The van der Waals surface area contributed by atoms with Gasteiger partial charge in [-0.15, -0.1) is 24.2 Å². The van der Waals surface area contributed by atoms with Crippen LogP contribution in [0, 0.1) is 5.92 Å². The molecule has 1 aliphatic heterocycles. The molecule has 0 unspecified atom stereocenters. The van der Waals surface area contributed by atoms with Gasteiger partial charge in [-0.1, -0.05) is 6.92 Å². The Morgan fingerprint density at radius 3 is 2.43 bits per heavy atom. The van der Waals surface area contributed by atoms with Crippen molar-refractivity contribution < 1.29 is 4.79 Å². The molecule has 0 aliphatic carbocycles. The van der Waals surface area contributed by atoms with Crippen LogP contribution in [0.5, 0.6) is 0 Å². The van der Waals surface area contributed by atoms with E-state index in [1.165, 1.54) is 4.90 Å². The van der Waals surface area contributed by atoms with Crippen molar-refractivity contribution in [2.24, 2.45) is 5.92 Å². The predicted octanol–water partition coefficient (Wildman–Crippen LogP) is 3.29. The van der Waals surface area contributed by atoms with E-state index in [0.717, 1.165) is 50.5 Å². The first-order chi connectivity index (χ1) is 9.74. The zero-order chi connectivity index (χ0) is 14.4. The average molecular weight is 329 g/mol. The van der Waals surface area contributed by atoms with Crippen LogP contribution >= 0.6 is 24.2 Å². The van der Waals surface area contributed by atoms with E-state index in [4.69, 9.17) is 0 Å². The molecule has 1 fully saturated rings. The minimum absolute atomic E-state index is 0. The smallest absolute Gasteiger partial charge is 0.253 e. The molecule has 0 bridgehead atoms. The van der Waals surface area contributed by atoms with Crippen LogP contribution in [-0.2, 0) is 0 Å². The van der Waals surface area contributed by atoms with Gasteiger partial charge in [0.2, 0.25) is 0 Å². The first-order valence-electron chi connectivity index (χ1n) is 7.38. The number of halogens is 1. The number of rotatable bonds is 5. The summed E-state index contributed by atoms with van der Waals surface area (Å²) in [6.07, 6.45) is 4.27. The maximum absolute atomic E-state index is 12.4. The lowest BCUT2D eigenvalue weighted by molar-refractivity contribution is 0.0690. The number of amides is 1. The summed E-state index contributed by atoms with van der Waals surface area (Å²) in [5.41, 5.74) is 0.813. The summed E-state index contributed by atoms with van der Waals surface area (Å²) in [6, 6.07) is 7.93. The third kappa shape index (κ3) is 5.20. The number of carbonyl (C=O) groups is 1. The van der Waals surface area contributed by atoms with Crippen molar-refractivity contribution in [1.29, 1.82) is 0 Å². The van der Waals surface area contributed by atoms with Crippen molar-refractivity contribution in [2.45, 2.75) is 24.7 Å². The van der Waals surface area contributed by atoms with Crippen LogP contribution in [0.4, 0.5) is 0 Å². The number of piperidine rings is 1. The molecule has 1 heterocycles. The molecule has 1 aromatic rings. The molecule has 5 heteroatoms. The Bertz CT molecular complexity index is 430. The third-order valence-corrected chi connectivity index (χ3v) is 4.67. The fourth-order valence-electron chi connectivity index (χ4n) is 2.60. The second kappa shape index (κ2) is 9.34. The lowest BCUT2D eigenvalue weighted by Gasteiger charge is -2.32. The molecule has 1 N–H and O–H groups in total. The van der Waals surface area contributed by atoms with Gasteiger partial charge in [0, 0.05) is 23.5 Å². The van der Waals surface area contributed by atoms with Crippen LogP contribution < -0.4 is 5.32 Å². The number of carbonyl (C=O) groups excluding carboxylic acids is 1. The van der Waals surface area contributed by atoms with E-state index in [0.29, 0.717) is 0 Å². The van der Waals surface area contributed by atoms with Gasteiger partial charge in [-0.05, 0) is 62.4 Å². The van der Waals surface area contributed by atoms with Crippen LogP contribution in [0.25, 0.3) is 0 Å². The van der Waals surface area contributed by atoms with Crippen LogP contribution in [0.3, 0.4) is 0 Å². The van der Waals surface area contributed by atoms with Crippen LogP contribution in [0.2, 0.25) is 0 Å². The zero-order valence-corrected chi connectivity index (χ0v) is 14.4. The molecule has 0 atom stereocenters. The SMILES string of the molecule is CCNCC1CCN(C(=O)c2ccc(SC)cc2)CC1.Cl. The second-order valence-corrected chi connectivity index (χ2v) is 6.15. The van der Waals surface area contributed by atoms with E-state index >= 15 is 0 Å². The highest BCUT2D eigenvalue weighted by atomic mass is 35.5. The molecule has 3 nitrogen and oxygen atoms in total. The van der Waals surface area contributed by atoms with Gasteiger partial charge in [0.05, 0.1) is 0 Å². The lowest BCUT2D eigenvalue weighted by atomic mass is 9.96. The number of nitrogens with zero attached hydrogens (tertiary/aromatic N) is 1. The van der Waals surface area contributed by atoms with E-state index in [-0.39, 0.29) is 18.3 Å². The Kier molecular flexibility index (Phi) is 8.15. The maximum atomic E-state index is 12.4. The van der Waals surface area contributed by atoms with E-state index in [2.05, 4.69) is 12.2 Å². The zero-order valence-electron chi connectivity index (χ0n) is 12.8. The number of likely N-dealkylation sites (tertiary alicyclic amines) is 1. The highest BCUT2D eigenvalue weighted by Crippen LogP contribution is 2.20. The molecule has 1 aromatic carbocycles. The predicted molar refractivity (Wildman–Crippen MR) is 92.6 cm³/mol. The Morgan fingerprint density at radius 2 is 1.90 bits per heavy atom. The van der Waals surface area contributed by atoms with Crippen LogP contribution in [-0.4, -0.2) is 43.2 Å². The summed E-state index contributed by atoms with van der Waals surface area (Å²) in [6.45, 7) is 6.02. The average Bonchev–Trinajstić information content (AvgIpc) is 2.53. The van der Waals surface area contributed by atoms with E-state index in [1.54, 1.807) is 11.8 Å². The van der Waals surface area contributed by atoms with Crippen molar-refractivity contribution in [3.63, 3.8) is 0 Å². The number of hydrogen-bond donors (Lipinski definition) is 1. The standard InChI is InChI=1S/C16H24N2OS.ClH/c1-3-17-12-13-8-10-18(11-9-13)16(19)14-4-6-15(20-2)7-5-14;/h4-7,13,17H,3,8-12H2,1-2H3;1H. The number of thioether (sulfide) groups is 1. The normalized spacial score (nSPS) is 15.6. The molecule has 0 spiro atoms. The van der Waals surface area contributed by atoms with Gasteiger partial charge in [-0.3, -0.25) is 4.79 Å². The Balaban J connectivity index is 0.00000220. The van der Waals surface area contributed by atoms with Crippen molar-refractivity contribution in [1.82, 2.24) is 10.2 Å². The minimum atomic E-state index is 0. The summed E-state index contributed by atoms with van der Waals surface area (Å²) in [7, 11) is 0. The number of nitrogens with one attached hydrogen (secondary N) is 1. The highest BCUT2D eigenvalue weighted by molar-refractivity contribution is 7.98. The first-order valence-corrected chi connectivity index (χ1v) is 8.61. The van der Waals surface area contributed by atoms with Crippen molar-refractivity contribution >= 4 is 30.1 Å². The quantitative estimate of drug-likeness (QED) is 0.842. The van der Waals surface area contributed by atoms with Crippen molar-refractivity contribution in [3.05, 3.63) is 29.8 Å². The molecule has 21 heavy (non-hydrogen) atoms. The summed E-state index contributed by atoms with van der Waals surface area (Å²) in [4.78, 5) is 15.6. The third-order valence-electron chi connectivity index (χ3n) is 3.92. The summed E-state index contributed by atoms with van der Waals surface area (Å²) in [5, 5.41) is 3.40. The Hall–Kier alpha value is -0.710. The van der Waals surface area contributed by atoms with Crippen molar-refractivity contribution in [3.8, 4) is 0 Å². The largest absolute Gasteiger partial charge is 0.339 e. The Labute approximate surface area is 138 Å². The highest BCUT2D eigenvalue weighted by Gasteiger charge is 2.23. The molecular formula is C16H25ClN2OS. The first kappa shape index (κ1) is 18.3. The van der Waals surface area contributed by atoms with Crippen LogP contribution in [0.15, 0.2) is 29.2 Å².